The van der Waals surface area contributed by atoms with Crippen LogP contribution in [-0.2, 0) is 4.79 Å². The summed E-state index contributed by atoms with van der Waals surface area (Å²) in [6.45, 7) is 1.46. The van der Waals surface area contributed by atoms with Crippen LogP contribution in [0.1, 0.15) is 11.3 Å². The standard InChI is InChI=1S/C21H20N4O4/c1-14-11-19(24-21(23-14)17-5-3-4-6-18(17)26)25(2)22-12-15-7-9-16(10-8-15)29-13-20(27)28/h3-12,26H,13H2,1-2H3,(H,27,28)/b22-12-. The summed E-state index contributed by atoms with van der Waals surface area (Å²) in [6, 6.07) is 15.6. The van der Waals surface area contributed by atoms with Crippen molar-refractivity contribution in [1.29, 1.82) is 0 Å². The third kappa shape index (κ3) is 5.29. The van der Waals surface area contributed by atoms with E-state index in [0.717, 1.165) is 11.3 Å². The number of aromatic nitrogens is 2. The number of rotatable bonds is 7. The van der Waals surface area contributed by atoms with Crippen molar-refractivity contribution < 1.29 is 19.7 Å². The molecular formula is C21H20N4O4. The maximum absolute atomic E-state index is 10.5. The van der Waals surface area contributed by atoms with Gasteiger partial charge in [-0.1, -0.05) is 12.1 Å². The molecule has 0 amide bonds. The van der Waals surface area contributed by atoms with Gasteiger partial charge in [0, 0.05) is 18.8 Å². The Kier molecular flexibility index (Phi) is 6.03. The highest BCUT2D eigenvalue weighted by Crippen LogP contribution is 2.27. The van der Waals surface area contributed by atoms with Gasteiger partial charge >= 0.3 is 5.97 Å². The number of para-hydroxylation sites is 1. The van der Waals surface area contributed by atoms with Crippen LogP contribution < -0.4 is 9.75 Å². The van der Waals surface area contributed by atoms with E-state index in [0.29, 0.717) is 23.0 Å². The number of anilines is 1. The molecule has 0 unspecified atom stereocenters. The molecule has 0 radical (unpaired) electrons. The van der Waals surface area contributed by atoms with E-state index in [1.807, 2.05) is 13.0 Å². The lowest BCUT2D eigenvalue weighted by Crippen LogP contribution is -2.12. The molecule has 0 aliphatic carbocycles. The first-order valence-electron chi connectivity index (χ1n) is 8.79. The largest absolute Gasteiger partial charge is 0.507 e. The second-order valence-corrected chi connectivity index (χ2v) is 6.23. The lowest BCUT2D eigenvalue weighted by Gasteiger charge is -2.14. The zero-order valence-electron chi connectivity index (χ0n) is 16.0. The molecule has 0 atom stereocenters. The van der Waals surface area contributed by atoms with Crippen LogP contribution in [-0.4, -0.2) is 46.0 Å². The summed E-state index contributed by atoms with van der Waals surface area (Å²) >= 11 is 0. The van der Waals surface area contributed by atoms with Gasteiger partial charge in [-0.3, -0.25) is 5.01 Å². The van der Waals surface area contributed by atoms with Gasteiger partial charge in [0.25, 0.3) is 0 Å². The Labute approximate surface area is 167 Å². The quantitative estimate of drug-likeness (QED) is 0.470. The van der Waals surface area contributed by atoms with Crippen LogP contribution in [0.4, 0.5) is 5.82 Å². The molecule has 0 aliphatic rings. The van der Waals surface area contributed by atoms with Crippen molar-refractivity contribution in [3.63, 3.8) is 0 Å². The van der Waals surface area contributed by atoms with E-state index in [-0.39, 0.29) is 12.4 Å². The first kappa shape index (κ1) is 19.8. The van der Waals surface area contributed by atoms with Gasteiger partial charge in [0.1, 0.15) is 11.5 Å². The molecule has 0 fully saturated rings. The number of aromatic hydroxyl groups is 1. The van der Waals surface area contributed by atoms with E-state index in [4.69, 9.17) is 9.84 Å². The van der Waals surface area contributed by atoms with E-state index >= 15 is 0 Å². The molecule has 2 aromatic carbocycles. The number of phenols is 1. The fourth-order valence-electron chi connectivity index (χ4n) is 2.51. The van der Waals surface area contributed by atoms with Crippen molar-refractivity contribution in [1.82, 2.24) is 9.97 Å². The number of hydrogen-bond acceptors (Lipinski definition) is 7. The number of nitrogens with zero attached hydrogens (tertiary/aromatic N) is 4. The Morgan fingerprint density at radius 2 is 1.90 bits per heavy atom. The predicted molar refractivity (Wildman–Crippen MR) is 109 cm³/mol. The number of benzene rings is 2. The molecule has 1 heterocycles. The molecule has 0 aliphatic heterocycles. The topological polar surface area (TPSA) is 108 Å². The number of hydrogen-bond donors (Lipinski definition) is 2. The van der Waals surface area contributed by atoms with Gasteiger partial charge in [0.15, 0.2) is 18.2 Å². The maximum Gasteiger partial charge on any atom is 0.341 e. The second kappa shape index (κ2) is 8.83. The summed E-state index contributed by atoms with van der Waals surface area (Å²) in [4.78, 5) is 19.4. The van der Waals surface area contributed by atoms with Crippen molar-refractivity contribution >= 4 is 18.0 Å². The molecule has 3 aromatic rings. The first-order chi connectivity index (χ1) is 13.9. The van der Waals surface area contributed by atoms with E-state index < -0.39 is 5.97 Å². The number of carboxylic acids is 1. The van der Waals surface area contributed by atoms with Crippen LogP contribution in [0.3, 0.4) is 0 Å². The van der Waals surface area contributed by atoms with Gasteiger partial charge in [-0.25, -0.2) is 14.8 Å². The monoisotopic (exact) mass is 392 g/mol. The zero-order chi connectivity index (χ0) is 20.8. The van der Waals surface area contributed by atoms with Crippen LogP contribution in [0, 0.1) is 6.92 Å². The van der Waals surface area contributed by atoms with Crippen molar-refractivity contribution in [2.45, 2.75) is 6.92 Å². The van der Waals surface area contributed by atoms with Crippen LogP contribution in [0.5, 0.6) is 11.5 Å². The van der Waals surface area contributed by atoms with E-state index in [1.54, 1.807) is 66.8 Å². The molecule has 8 nitrogen and oxygen atoms in total. The Morgan fingerprint density at radius 1 is 1.17 bits per heavy atom. The lowest BCUT2D eigenvalue weighted by molar-refractivity contribution is -0.139. The minimum atomic E-state index is -1.03. The first-order valence-corrected chi connectivity index (χ1v) is 8.79. The van der Waals surface area contributed by atoms with Gasteiger partial charge in [-0.15, -0.1) is 0 Å². The summed E-state index contributed by atoms with van der Waals surface area (Å²) in [5.74, 6) is 0.547. The molecule has 0 bridgehead atoms. The minimum Gasteiger partial charge on any atom is -0.507 e. The van der Waals surface area contributed by atoms with Crippen LogP contribution in [0.25, 0.3) is 11.4 Å². The van der Waals surface area contributed by atoms with E-state index in [2.05, 4.69) is 15.1 Å². The number of phenolic OH excluding ortho intramolecular Hbond substituents is 1. The SMILES string of the molecule is Cc1cc(N(C)/N=C\c2ccc(OCC(=O)O)cc2)nc(-c2ccccc2O)n1. The van der Waals surface area contributed by atoms with Gasteiger partial charge < -0.3 is 14.9 Å². The number of ether oxygens (including phenoxy) is 1. The number of aliphatic carboxylic acids is 1. The smallest absolute Gasteiger partial charge is 0.341 e. The van der Waals surface area contributed by atoms with Crippen LogP contribution in [0.15, 0.2) is 59.7 Å². The Morgan fingerprint density at radius 3 is 2.59 bits per heavy atom. The molecule has 2 N–H and O–H groups in total. The fourth-order valence-corrected chi connectivity index (χ4v) is 2.51. The van der Waals surface area contributed by atoms with Gasteiger partial charge in [0.05, 0.1) is 11.8 Å². The summed E-state index contributed by atoms with van der Waals surface area (Å²) in [6.07, 6.45) is 1.65. The second-order valence-electron chi connectivity index (χ2n) is 6.23. The summed E-state index contributed by atoms with van der Waals surface area (Å²) in [7, 11) is 1.76. The molecular weight excluding hydrogens is 372 g/mol. The molecule has 148 valence electrons. The third-order valence-electron chi connectivity index (χ3n) is 3.94. The van der Waals surface area contributed by atoms with E-state index in [1.165, 1.54) is 0 Å². The van der Waals surface area contributed by atoms with Gasteiger partial charge in [-0.05, 0) is 48.9 Å². The molecule has 0 spiro atoms. The van der Waals surface area contributed by atoms with Gasteiger partial charge in [-0.2, -0.15) is 5.10 Å². The Bertz CT molecular complexity index is 1040. The maximum atomic E-state index is 10.5. The summed E-state index contributed by atoms with van der Waals surface area (Å²) in [5.41, 5.74) is 2.10. The average molecular weight is 392 g/mol. The highest BCUT2D eigenvalue weighted by atomic mass is 16.5. The number of aryl methyl sites for hydroxylation is 1. The zero-order valence-corrected chi connectivity index (χ0v) is 16.0. The van der Waals surface area contributed by atoms with Crippen molar-refractivity contribution in [2.24, 2.45) is 5.10 Å². The van der Waals surface area contributed by atoms with Crippen molar-refractivity contribution in [3.05, 3.63) is 65.9 Å². The van der Waals surface area contributed by atoms with Crippen LogP contribution in [0.2, 0.25) is 0 Å². The number of carboxylic acid groups (broad SMARTS) is 1. The predicted octanol–water partition coefficient (Wildman–Crippen LogP) is 3.09. The fraction of sp³-hybridized carbons (Fsp3) is 0.143. The van der Waals surface area contributed by atoms with Crippen LogP contribution >= 0.6 is 0 Å². The molecule has 0 saturated heterocycles. The van der Waals surface area contributed by atoms with Crippen molar-refractivity contribution in [2.75, 3.05) is 18.7 Å². The number of carbonyl (C=O) groups is 1. The summed E-state index contributed by atoms with van der Waals surface area (Å²) < 4.78 is 5.10. The third-order valence-corrected chi connectivity index (χ3v) is 3.94. The molecule has 29 heavy (non-hydrogen) atoms. The van der Waals surface area contributed by atoms with Crippen molar-refractivity contribution in [3.8, 4) is 22.9 Å². The highest BCUT2D eigenvalue weighted by Gasteiger charge is 2.11. The highest BCUT2D eigenvalue weighted by molar-refractivity contribution is 5.80. The van der Waals surface area contributed by atoms with Gasteiger partial charge in [0.2, 0.25) is 0 Å². The lowest BCUT2D eigenvalue weighted by atomic mass is 10.2. The molecule has 1 aromatic heterocycles. The van der Waals surface area contributed by atoms with E-state index in [9.17, 15) is 9.90 Å². The Hall–Kier alpha value is -3.94. The normalized spacial score (nSPS) is 10.8. The Balaban J connectivity index is 1.76. The molecule has 0 saturated carbocycles. The number of hydrazone groups is 1. The molecule has 8 heteroatoms. The minimum absolute atomic E-state index is 0.111. The average Bonchev–Trinajstić information content (AvgIpc) is 2.71. The molecule has 3 rings (SSSR count). The summed E-state index contributed by atoms with van der Waals surface area (Å²) in [5, 5.41) is 24.7.